The molecule has 10 nitrogen and oxygen atoms in total. The number of nitrogens with zero attached hydrogens (tertiary/aromatic N) is 1. The van der Waals surface area contributed by atoms with E-state index in [0.29, 0.717) is 18.9 Å². The van der Waals surface area contributed by atoms with Crippen molar-refractivity contribution in [2.24, 2.45) is 0 Å². The van der Waals surface area contributed by atoms with Gasteiger partial charge < -0.3 is 10.4 Å². The first kappa shape index (κ1) is 46.5. The molecule has 2 atom stereocenters. The van der Waals surface area contributed by atoms with Crippen molar-refractivity contribution in [1.29, 1.82) is 0 Å². The predicted molar refractivity (Wildman–Crippen MR) is 199 cm³/mol. The maximum atomic E-state index is 15.7. The molecule has 4 rings (SSSR count). The van der Waals surface area contributed by atoms with Crippen LogP contribution < -0.4 is 5.32 Å². The Labute approximate surface area is 330 Å². The lowest BCUT2D eigenvalue weighted by Crippen LogP contribution is -2.32. The molecule has 0 aromatic heterocycles. The Morgan fingerprint density at radius 2 is 1.34 bits per heavy atom. The Hall–Kier alpha value is -4.14. The molecular formula is C38H43F8N2O8S2+. The van der Waals surface area contributed by atoms with Crippen LogP contribution in [-0.2, 0) is 42.0 Å². The van der Waals surface area contributed by atoms with Gasteiger partial charge in [0.1, 0.15) is 12.4 Å². The minimum absolute atomic E-state index is 0.0456. The number of halogens is 8. The van der Waals surface area contributed by atoms with Gasteiger partial charge in [-0.3, -0.25) is 13.9 Å². The summed E-state index contributed by atoms with van der Waals surface area (Å²) in [5, 5.41) is 11.8. The van der Waals surface area contributed by atoms with Crippen LogP contribution in [-0.4, -0.2) is 65.4 Å². The van der Waals surface area contributed by atoms with Crippen molar-refractivity contribution in [3.8, 4) is 0 Å². The number of carboxylic acids is 1. The molecule has 2 unspecified atom stereocenters. The molecule has 0 fully saturated rings. The van der Waals surface area contributed by atoms with Crippen LogP contribution in [0.15, 0.2) is 48.2 Å². The zero-order valence-corrected chi connectivity index (χ0v) is 33.0. The molecule has 2 aromatic carbocycles. The van der Waals surface area contributed by atoms with E-state index in [1.54, 1.807) is 0 Å². The summed E-state index contributed by atoms with van der Waals surface area (Å²) in [5.74, 6) is -11.2. The number of hydrogen-bond donors (Lipinski definition) is 4. The van der Waals surface area contributed by atoms with E-state index >= 15 is 8.78 Å². The minimum atomic E-state index is -4.93. The summed E-state index contributed by atoms with van der Waals surface area (Å²) in [6, 6.07) is 1.33. The SMILES string of the molecule is CC1(CCCCCC(=O)O)C(=CC=CC=CC2=[N+](CCCCS(=O)(=O)O)c3c(F)c(F)c(F)c(F)c3C2(C)CCCCS(=O)(=O)O)Nc2cc(F)cc(C(F)(F)F)c21. The van der Waals surface area contributed by atoms with Crippen LogP contribution in [0, 0.1) is 29.1 Å². The van der Waals surface area contributed by atoms with Crippen LogP contribution in [0.3, 0.4) is 0 Å². The standard InChI is InChI=1S/C38H42F8N2O8S2/c1-36(16-8-4-7-15-28(49)50)26(47-25-22-23(39)21-24(29(25)36)38(44,45)46)13-5-3-6-14-27-37(2,17-9-11-19-57(51,52)53)30-31(40)32(41)33(42)34(43)35(30)48(27)18-10-12-20-58(54,55)56/h3,5-6,13-14,21-22H,4,7-12,15-20H2,1-2H3,(H3,49,50,51,52,53,54,55,56)/p+1. The van der Waals surface area contributed by atoms with Crippen molar-refractivity contribution in [2.45, 2.75) is 95.1 Å². The number of aliphatic carboxylic acids is 1. The van der Waals surface area contributed by atoms with E-state index in [-0.39, 0.29) is 80.6 Å². The molecule has 0 saturated carbocycles. The molecule has 0 aliphatic carbocycles. The fourth-order valence-electron chi connectivity index (χ4n) is 7.72. The molecule has 2 aromatic rings. The average molecular weight is 872 g/mol. The van der Waals surface area contributed by atoms with Crippen LogP contribution in [0.5, 0.6) is 0 Å². The summed E-state index contributed by atoms with van der Waals surface area (Å²) >= 11 is 0. The van der Waals surface area contributed by atoms with E-state index in [4.69, 9.17) is 5.11 Å². The zero-order chi connectivity index (χ0) is 43.4. The molecule has 0 amide bonds. The number of fused-ring (bicyclic) bond motifs is 2. The van der Waals surface area contributed by atoms with Crippen molar-refractivity contribution in [3.63, 3.8) is 0 Å². The van der Waals surface area contributed by atoms with Gasteiger partial charge in [-0.2, -0.15) is 39.0 Å². The smallest absolute Gasteiger partial charge is 0.416 e. The van der Waals surface area contributed by atoms with Gasteiger partial charge in [-0.25, -0.2) is 17.6 Å². The highest BCUT2D eigenvalue weighted by Gasteiger charge is 2.53. The monoisotopic (exact) mass is 871 g/mol. The van der Waals surface area contributed by atoms with E-state index in [9.17, 15) is 57.1 Å². The fourth-order valence-corrected chi connectivity index (χ4v) is 8.86. The molecule has 2 heterocycles. The van der Waals surface area contributed by atoms with Crippen LogP contribution in [0.25, 0.3) is 0 Å². The Balaban J connectivity index is 1.78. The molecule has 0 spiro atoms. The van der Waals surface area contributed by atoms with E-state index in [1.165, 1.54) is 44.2 Å². The van der Waals surface area contributed by atoms with Gasteiger partial charge in [0.15, 0.2) is 17.3 Å². The number of benzene rings is 2. The third kappa shape index (κ3) is 10.7. The van der Waals surface area contributed by atoms with Crippen molar-refractivity contribution in [3.05, 3.63) is 94.0 Å². The highest BCUT2D eigenvalue weighted by molar-refractivity contribution is 7.86. The third-order valence-electron chi connectivity index (χ3n) is 10.4. The molecule has 58 heavy (non-hydrogen) atoms. The number of unbranched alkanes of at least 4 members (excludes halogenated alkanes) is 4. The van der Waals surface area contributed by atoms with Gasteiger partial charge in [-0.05, 0) is 69.7 Å². The summed E-state index contributed by atoms with van der Waals surface area (Å²) in [7, 11) is -8.83. The number of anilines is 1. The topological polar surface area (TPSA) is 161 Å². The Bertz CT molecular complexity index is 2270. The Morgan fingerprint density at radius 1 is 0.759 bits per heavy atom. The van der Waals surface area contributed by atoms with Gasteiger partial charge in [0, 0.05) is 35.7 Å². The van der Waals surface area contributed by atoms with Gasteiger partial charge in [0.2, 0.25) is 11.6 Å². The Morgan fingerprint density at radius 3 is 1.95 bits per heavy atom. The van der Waals surface area contributed by atoms with Gasteiger partial charge in [0.05, 0.1) is 28.0 Å². The molecule has 320 valence electrons. The molecular weight excluding hydrogens is 829 g/mol. The van der Waals surface area contributed by atoms with Gasteiger partial charge in [-0.15, -0.1) is 0 Å². The summed E-state index contributed by atoms with van der Waals surface area (Å²) in [6.45, 7) is 2.62. The number of alkyl halides is 3. The van der Waals surface area contributed by atoms with Gasteiger partial charge in [0.25, 0.3) is 25.9 Å². The number of rotatable bonds is 19. The predicted octanol–water partition coefficient (Wildman–Crippen LogP) is 8.90. The minimum Gasteiger partial charge on any atom is -0.481 e. The molecule has 2 aliphatic heterocycles. The number of carbonyl (C=O) groups is 1. The Kier molecular flexibility index (Phi) is 14.4. The molecule has 4 N–H and O–H groups in total. The summed E-state index contributed by atoms with van der Waals surface area (Å²) in [4.78, 5) is 11.0. The summed E-state index contributed by atoms with van der Waals surface area (Å²) in [5.41, 5.74) is -5.54. The summed E-state index contributed by atoms with van der Waals surface area (Å²) in [6.07, 6.45) is 2.27. The third-order valence-corrected chi connectivity index (χ3v) is 12.0. The van der Waals surface area contributed by atoms with E-state index in [0.717, 1.165) is 10.6 Å². The van der Waals surface area contributed by atoms with Gasteiger partial charge >= 0.3 is 12.1 Å². The second kappa shape index (κ2) is 18.0. The van der Waals surface area contributed by atoms with Crippen LogP contribution in [0.2, 0.25) is 0 Å². The fraction of sp³-hybridized carbons (Fsp3) is 0.474. The number of carboxylic acid groups (broad SMARTS) is 1. The first-order valence-electron chi connectivity index (χ1n) is 18.2. The molecule has 0 radical (unpaired) electrons. The van der Waals surface area contributed by atoms with Crippen molar-refractivity contribution in [2.75, 3.05) is 23.4 Å². The molecule has 20 heteroatoms. The zero-order valence-electron chi connectivity index (χ0n) is 31.4. The lowest BCUT2D eigenvalue weighted by molar-refractivity contribution is -0.440. The van der Waals surface area contributed by atoms with Crippen LogP contribution in [0.4, 0.5) is 46.5 Å². The maximum absolute atomic E-state index is 15.7. The highest BCUT2D eigenvalue weighted by Crippen LogP contribution is 2.52. The lowest BCUT2D eigenvalue weighted by atomic mass is 9.75. The van der Waals surface area contributed by atoms with E-state index in [2.05, 4.69) is 5.32 Å². The van der Waals surface area contributed by atoms with Crippen molar-refractivity contribution in [1.82, 2.24) is 0 Å². The van der Waals surface area contributed by atoms with E-state index < -0.39 is 101 Å². The largest absolute Gasteiger partial charge is 0.481 e. The van der Waals surface area contributed by atoms with Crippen LogP contribution >= 0.6 is 0 Å². The first-order valence-corrected chi connectivity index (χ1v) is 21.4. The lowest BCUT2D eigenvalue weighted by Gasteiger charge is -2.29. The maximum Gasteiger partial charge on any atom is 0.416 e. The van der Waals surface area contributed by atoms with Crippen molar-refractivity contribution >= 4 is 43.3 Å². The molecule has 0 bridgehead atoms. The second-order valence-electron chi connectivity index (χ2n) is 14.7. The first-order chi connectivity index (χ1) is 26.8. The number of nitrogens with one attached hydrogen (secondary N) is 1. The second-order valence-corrected chi connectivity index (χ2v) is 17.8. The highest BCUT2D eigenvalue weighted by atomic mass is 32.2. The average Bonchev–Trinajstić information content (AvgIpc) is 3.51. The molecule has 2 aliphatic rings. The number of hydrogen-bond acceptors (Lipinski definition) is 6. The van der Waals surface area contributed by atoms with Crippen molar-refractivity contribution < 1.29 is 75.5 Å². The van der Waals surface area contributed by atoms with Gasteiger partial charge in [-0.1, -0.05) is 37.5 Å². The van der Waals surface area contributed by atoms with Crippen LogP contribution in [0.1, 0.15) is 94.7 Å². The number of allylic oxidation sites excluding steroid dienone is 6. The van der Waals surface area contributed by atoms with E-state index in [1.807, 2.05) is 0 Å². The summed E-state index contributed by atoms with van der Waals surface area (Å²) < 4.78 is 183. The normalized spacial score (nSPS) is 20.4. The molecule has 0 saturated heterocycles. The quantitative estimate of drug-likeness (QED) is 0.0206.